The fourth-order valence-electron chi connectivity index (χ4n) is 10.3. The molecule has 1 aliphatic heterocycles. The summed E-state index contributed by atoms with van der Waals surface area (Å²) in [6.07, 6.45) is 0. The number of nitrogens with zero attached hydrogens (tertiary/aromatic N) is 2. The molecule has 0 amide bonds. The van der Waals surface area contributed by atoms with E-state index in [1.807, 2.05) is 0 Å². The first kappa shape index (κ1) is 36.9. The van der Waals surface area contributed by atoms with Crippen molar-refractivity contribution in [3.63, 3.8) is 0 Å². The zero-order valence-electron chi connectivity index (χ0n) is 35.3. The molecule has 1 aliphatic rings. The molecule has 1 heterocycles. The minimum absolute atomic E-state index is 0.275. The summed E-state index contributed by atoms with van der Waals surface area (Å²) in [7, 11) is 0. The molecule has 2 nitrogen and oxygen atoms in total. The maximum atomic E-state index is 2.58. The van der Waals surface area contributed by atoms with Crippen LogP contribution >= 0.6 is 0 Å². The second-order valence-electron chi connectivity index (χ2n) is 17.3. The molecule has 11 aromatic rings. The van der Waals surface area contributed by atoms with E-state index in [0.717, 1.165) is 17.1 Å². The highest BCUT2D eigenvalue weighted by Gasteiger charge is 2.38. The molecule has 63 heavy (non-hydrogen) atoms. The van der Waals surface area contributed by atoms with Crippen molar-refractivity contribution in [1.29, 1.82) is 0 Å². The lowest BCUT2D eigenvalue weighted by Crippen LogP contribution is -2.31. The Morgan fingerprint density at radius 1 is 0.349 bits per heavy atom. The smallest absolute Gasteiger partial charge is 0.0618 e. The van der Waals surface area contributed by atoms with Crippen molar-refractivity contribution in [2.75, 3.05) is 9.80 Å². The standard InChI is InChI=1S/C61H44N2/c1-61(2)55-29-14-15-30-57(55)63(60-50-25-11-7-20-44(50)33-37-54(60)52-28-16-22-43-19-6-9-23-48(43)52)59-40-47(36-38-56(59)61)62(46-34-31-42(32-35-46)41-17-4-3-5-18-41)58-39-45-21-8-10-24-49(45)51-26-12-13-27-53(51)58/h3-40H,1-2H3. The molecule has 0 N–H and O–H groups in total. The van der Waals surface area contributed by atoms with Crippen molar-refractivity contribution in [2.45, 2.75) is 19.3 Å². The Labute approximate surface area is 368 Å². The summed E-state index contributed by atoms with van der Waals surface area (Å²) in [5, 5.41) is 9.79. The maximum absolute atomic E-state index is 2.58. The summed E-state index contributed by atoms with van der Waals surface area (Å²) in [6, 6.07) is 85.0. The number of benzene rings is 11. The lowest BCUT2D eigenvalue weighted by Gasteiger charge is -2.43. The van der Waals surface area contributed by atoms with Gasteiger partial charge in [-0.1, -0.05) is 208 Å². The van der Waals surface area contributed by atoms with Crippen molar-refractivity contribution in [3.8, 4) is 22.3 Å². The van der Waals surface area contributed by atoms with Gasteiger partial charge in [0, 0.05) is 33.1 Å². The fourth-order valence-corrected chi connectivity index (χ4v) is 10.3. The third-order valence-corrected chi connectivity index (χ3v) is 13.4. The molecule has 0 saturated heterocycles. The van der Waals surface area contributed by atoms with E-state index in [1.165, 1.54) is 93.5 Å². The second kappa shape index (κ2) is 14.6. The lowest BCUT2D eigenvalue weighted by atomic mass is 9.73. The molecular formula is C61H44N2. The van der Waals surface area contributed by atoms with E-state index in [9.17, 15) is 0 Å². The van der Waals surface area contributed by atoms with Gasteiger partial charge in [-0.05, 0) is 96.5 Å². The van der Waals surface area contributed by atoms with E-state index in [2.05, 4.69) is 254 Å². The Balaban J connectivity index is 1.15. The first-order valence-corrected chi connectivity index (χ1v) is 21.9. The molecule has 0 fully saturated rings. The molecule has 0 radical (unpaired) electrons. The van der Waals surface area contributed by atoms with Crippen molar-refractivity contribution in [1.82, 2.24) is 0 Å². The molecule has 0 bridgehead atoms. The van der Waals surface area contributed by atoms with Gasteiger partial charge in [0.25, 0.3) is 0 Å². The van der Waals surface area contributed by atoms with Crippen molar-refractivity contribution in [2.24, 2.45) is 0 Å². The summed E-state index contributed by atoms with van der Waals surface area (Å²) in [4.78, 5) is 5.05. The SMILES string of the molecule is CC1(C)c2ccccc2N(c2c(-c3cccc4ccccc34)ccc3ccccc23)c2cc(N(c3ccc(-c4ccccc4)cc3)c3cc4ccccc4c4ccccc34)ccc21. The molecule has 0 unspecified atom stereocenters. The van der Waals surface area contributed by atoms with Gasteiger partial charge < -0.3 is 9.80 Å². The molecule has 0 atom stereocenters. The Kier molecular flexibility index (Phi) is 8.55. The van der Waals surface area contributed by atoms with Gasteiger partial charge in [0.15, 0.2) is 0 Å². The molecule has 11 aromatic carbocycles. The third-order valence-electron chi connectivity index (χ3n) is 13.4. The Morgan fingerprint density at radius 3 is 1.71 bits per heavy atom. The second-order valence-corrected chi connectivity index (χ2v) is 17.3. The highest BCUT2D eigenvalue weighted by molar-refractivity contribution is 6.15. The Bertz CT molecular complexity index is 3540. The van der Waals surface area contributed by atoms with Crippen LogP contribution in [0.3, 0.4) is 0 Å². The van der Waals surface area contributed by atoms with Crippen LogP contribution < -0.4 is 9.80 Å². The molecular weight excluding hydrogens is 761 g/mol. The van der Waals surface area contributed by atoms with Crippen LogP contribution in [0.5, 0.6) is 0 Å². The Morgan fingerprint density at radius 2 is 0.921 bits per heavy atom. The van der Waals surface area contributed by atoms with Crippen molar-refractivity contribution >= 4 is 77.2 Å². The summed E-state index contributed by atoms with van der Waals surface area (Å²) in [5.41, 5.74) is 14.0. The average Bonchev–Trinajstić information content (AvgIpc) is 3.34. The largest absolute Gasteiger partial charge is 0.310 e. The summed E-state index contributed by atoms with van der Waals surface area (Å²) < 4.78 is 0. The molecule has 0 aliphatic carbocycles. The highest BCUT2D eigenvalue weighted by atomic mass is 15.2. The van der Waals surface area contributed by atoms with E-state index in [4.69, 9.17) is 0 Å². The van der Waals surface area contributed by atoms with Crippen LogP contribution in [0.15, 0.2) is 231 Å². The van der Waals surface area contributed by atoms with Crippen LogP contribution in [-0.4, -0.2) is 0 Å². The van der Waals surface area contributed by atoms with Crippen LogP contribution in [0.2, 0.25) is 0 Å². The van der Waals surface area contributed by atoms with Gasteiger partial charge in [0.2, 0.25) is 0 Å². The molecule has 0 spiro atoms. The van der Waals surface area contributed by atoms with Gasteiger partial charge in [-0.15, -0.1) is 0 Å². The van der Waals surface area contributed by atoms with Gasteiger partial charge in [0.1, 0.15) is 0 Å². The van der Waals surface area contributed by atoms with Gasteiger partial charge in [-0.2, -0.15) is 0 Å². The van der Waals surface area contributed by atoms with Crippen LogP contribution in [0.4, 0.5) is 34.1 Å². The number of fused-ring (bicyclic) bond motifs is 7. The number of rotatable bonds is 6. The monoisotopic (exact) mass is 804 g/mol. The molecule has 0 saturated carbocycles. The minimum atomic E-state index is -0.275. The molecule has 298 valence electrons. The lowest BCUT2D eigenvalue weighted by molar-refractivity contribution is 0.632. The van der Waals surface area contributed by atoms with Crippen molar-refractivity contribution < 1.29 is 0 Å². The number of hydrogen-bond donors (Lipinski definition) is 0. The quantitative estimate of drug-likeness (QED) is 0.155. The van der Waals surface area contributed by atoms with Gasteiger partial charge in [-0.3, -0.25) is 0 Å². The minimum Gasteiger partial charge on any atom is -0.310 e. The van der Waals surface area contributed by atoms with Gasteiger partial charge >= 0.3 is 0 Å². The predicted octanol–water partition coefficient (Wildman–Crippen LogP) is 17.2. The number of hydrogen-bond acceptors (Lipinski definition) is 2. The van der Waals surface area contributed by atoms with Crippen LogP contribution in [0.1, 0.15) is 25.0 Å². The fraction of sp³-hybridized carbons (Fsp3) is 0.0492. The maximum Gasteiger partial charge on any atom is 0.0618 e. The van der Waals surface area contributed by atoms with Crippen molar-refractivity contribution in [3.05, 3.63) is 242 Å². The van der Waals surface area contributed by atoms with Crippen LogP contribution in [0.25, 0.3) is 65.3 Å². The van der Waals surface area contributed by atoms with E-state index >= 15 is 0 Å². The topological polar surface area (TPSA) is 6.48 Å². The van der Waals surface area contributed by atoms with Crippen LogP contribution in [-0.2, 0) is 5.41 Å². The third kappa shape index (κ3) is 5.94. The highest BCUT2D eigenvalue weighted by Crippen LogP contribution is 2.57. The molecule has 12 rings (SSSR count). The summed E-state index contributed by atoms with van der Waals surface area (Å²) in [6.45, 7) is 4.76. The van der Waals surface area contributed by atoms with Gasteiger partial charge in [0.05, 0.1) is 22.7 Å². The number of anilines is 6. The van der Waals surface area contributed by atoms with Gasteiger partial charge in [-0.25, -0.2) is 0 Å². The normalized spacial score (nSPS) is 13.0. The van der Waals surface area contributed by atoms with E-state index in [1.54, 1.807) is 0 Å². The molecule has 0 aromatic heterocycles. The first-order chi connectivity index (χ1) is 31.0. The zero-order chi connectivity index (χ0) is 42.1. The first-order valence-electron chi connectivity index (χ1n) is 21.9. The summed E-state index contributed by atoms with van der Waals surface area (Å²) >= 11 is 0. The number of para-hydroxylation sites is 1. The molecule has 2 heteroatoms. The zero-order valence-corrected chi connectivity index (χ0v) is 35.3. The average molecular weight is 805 g/mol. The van der Waals surface area contributed by atoms with E-state index in [-0.39, 0.29) is 5.41 Å². The van der Waals surface area contributed by atoms with E-state index in [0.29, 0.717) is 0 Å². The summed E-state index contributed by atoms with van der Waals surface area (Å²) in [5.74, 6) is 0. The Hall–Kier alpha value is -7.94. The van der Waals surface area contributed by atoms with Crippen LogP contribution in [0, 0.1) is 0 Å². The predicted molar refractivity (Wildman–Crippen MR) is 269 cm³/mol. The van der Waals surface area contributed by atoms with E-state index < -0.39 is 0 Å².